The highest BCUT2D eigenvalue weighted by Crippen LogP contribution is 2.22. The van der Waals surface area contributed by atoms with Gasteiger partial charge in [0.05, 0.1) is 15.3 Å². The van der Waals surface area contributed by atoms with Crippen molar-refractivity contribution in [1.29, 1.82) is 0 Å². The molecular formula is C16H18F2IN3O3. The van der Waals surface area contributed by atoms with Crippen molar-refractivity contribution in [3.05, 3.63) is 38.9 Å². The van der Waals surface area contributed by atoms with E-state index in [1.807, 2.05) is 6.92 Å². The van der Waals surface area contributed by atoms with Crippen molar-refractivity contribution < 1.29 is 23.5 Å². The van der Waals surface area contributed by atoms with Crippen molar-refractivity contribution in [3.8, 4) is 0 Å². The number of pyridine rings is 1. The standard InChI is InChI=1S/C16H18F2IN3O3/c1-3-22-6-4-5-12(22)21(2)8-10(16(24)25)13(23)9-7-11(19)15(18)20-14(9)17/h7-8,12H,3-6H2,1-2H3,(H,24,25). The summed E-state index contributed by atoms with van der Waals surface area (Å²) in [5, 5.41) is 9.39. The Morgan fingerprint density at radius 2 is 2.16 bits per heavy atom. The molecule has 1 atom stereocenters. The van der Waals surface area contributed by atoms with Gasteiger partial charge in [0.1, 0.15) is 5.57 Å². The number of carbonyl (C=O) groups excluding carboxylic acids is 1. The van der Waals surface area contributed by atoms with Gasteiger partial charge in [-0.2, -0.15) is 13.8 Å². The molecule has 0 spiro atoms. The number of hydrogen-bond donors (Lipinski definition) is 1. The quantitative estimate of drug-likeness (QED) is 0.174. The number of hydrogen-bond acceptors (Lipinski definition) is 5. The van der Waals surface area contributed by atoms with Crippen LogP contribution in [-0.4, -0.2) is 57.9 Å². The summed E-state index contributed by atoms with van der Waals surface area (Å²) in [5.41, 5.74) is -1.15. The second kappa shape index (κ2) is 8.17. The second-order valence-corrected chi connectivity index (χ2v) is 6.86. The highest BCUT2D eigenvalue weighted by molar-refractivity contribution is 14.1. The summed E-state index contributed by atoms with van der Waals surface area (Å²) in [7, 11) is 1.68. The van der Waals surface area contributed by atoms with E-state index in [1.54, 1.807) is 34.5 Å². The molecule has 0 aromatic carbocycles. The highest BCUT2D eigenvalue weighted by Gasteiger charge is 2.29. The average molecular weight is 465 g/mol. The van der Waals surface area contributed by atoms with Crippen LogP contribution in [0.3, 0.4) is 0 Å². The zero-order chi connectivity index (χ0) is 18.7. The van der Waals surface area contributed by atoms with Gasteiger partial charge in [0.2, 0.25) is 17.7 Å². The fourth-order valence-corrected chi connectivity index (χ4v) is 3.32. The largest absolute Gasteiger partial charge is 0.477 e. The van der Waals surface area contributed by atoms with Gasteiger partial charge in [-0.15, -0.1) is 0 Å². The molecular weight excluding hydrogens is 447 g/mol. The van der Waals surface area contributed by atoms with Gasteiger partial charge in [-0.05, 0) is 48.0 Å². The first-order valence-electron chi connectivity index (χ1n) is 7.73. The lowest BCUT2D eigenvalue weighted by Crippen LogP contribution is -2.40. The average Bonchev–Trinajstić information content (AvgIpc) is 3.03. The molecule has 0 radical (unpaired) electrons. The Hall–Kier alpha value is -1.62. The Morgan fingerprint density at radius 1 is 1.48 bits per heavy atom. The lowest BCUT2D eigenvalue weighted by atomic mass is 10.1. The van der Waals surface area contributed by atoms with Gasteiger partial charge < -0.3 is 10.0 Å². The number of carboxylic acid groups (broad SMARTS) is 1. The summed E-state index contributed by atoms with van der Waals surface area (Å²) in [4.78, 5) is 30.8. The Labute approximate surface area is 157 Å². The first-order valence-corrected chi connectivity index (χ1v) is 8.81. The van der Waals surface area contributed by atoms with Crippen molar-refractivity contribution >= 4 is 34.3 Å². The third-order valence-corrected chi connectivity index (χ3v) is 4.90. The maximum Gasteiger partial charge on any atom is 0.341 e. The number of halogens is 3. The molecule has 136 valence electrons. The maximum atomic E-state index is 13.8. The summed E-state index contributed by atoms with van der Waals surface area (Å²) in [6.07, 6.45) is 3.00. The number of nitrogens with zero attached hydrogens (tertiary/aromatic N) is 3. The molecule has 1 unspecified atom stereocenters. The topological polar surface area (TPSA) is 73.7 Å². The van der Waals surface area contributed by atoms with Crippen LogP contribution in [0.1, 0.15) is 30.1 Å². The van der Waals surface area contributed by atoms with Crippen LogP contribution < -0.4 is 0 Å². The van der Waals surface area contributed by atoms with E-state index in [0.29, 0.717) is 0 Å². The molecule has 1 aliphatic rings. The molecule has 9 heteroatoms. The van der Waals surface area contributed by atoms with Gasteiger partial charge in [-0.3, -0.25) is 9.69 Å². The second-order valence-electron chi connectivity index (χ2n) is 5.69. The molecule has 0 amide bonds. The van der Waals surface area contributed by atoms with Crippen LogP contribution in [0.2, 0.25) is 0 Å². The normalized spacial score (nSPS) is 18.4. The number of ketones is 1. The number of carbonyl (C=O) groups is 2. The summed E-state index contributed by atoms with van der Waals surface area (Å²) in [6, 6.07) is 0.964. The zero-order valence-electron chi connectivity index (χ0n) is 13.8. The third kappa shape index (κ3) is 4.32. The van der Waals surface area contributed by atoms with E-state index in [2.05, 4.69) is 9.88 Å². The lowest BCUT2D eigenvalue weighted by molar-refractivity contribution is -0.132. The van der Waals surface area contributed by atoms with Crippen LogP contribution in [-0.2, 0) is 4.79 Å². The van der Waals surface area contributed by atoms with Crippen LogP contribution in [0, 0.1) is 15.5 Å². The molecule has 2 rings (SSSR count). The monoisotopic (exact) mass is 465 g/mol. The Morgan fingerprint density at radius 3 is 2.76 bits per heavy atom. The van der Waals surface area contributed by atoms with E-state index in [9.17, 15) is 23.5 Å². The molecule has 1 saturated heterocycles. The molecule has 1 aromatic heterocycles. The first kappa shape index (κ1) is 19.7. The molecule has 6 nitrogen and oxygen atoms in total. The number of rotatable bonds is 6. The zero-order valence-corrected chi connectivity index (χ0v) is 16.0. The fraction of sp³-hybridized carbons (Fsp3) is 0.438. The van der Waals surface area contributed by atoms with Gasteiger partial charge in [-0.1, -0.05) is 6.92 Å². The van der Waals surface area contributed by atoms with Crippen LogP contribution in [0.15, 0.2) is 17.8 Å². The number of aliphatic carboxylic acids is 1. The van der Waals surface area contributed by atoms with Gasteiger partial charge in [0, 0.05) is 19.8 Å². The van der Waals surface area contributed by atoms with E-state index in [0.717, 1.165) is 32.0 Å². The molecule has 0 aliphatic carbocycles. The Balaban J connectivity index is 2.36. The van der Waals surface area contributed by atoms with Gasteiger partial charge in [0.25, 0.3) is 0 Å². The van der Waals surface area contributed by atoms with Crippen LogP contribution in [0.5, 0.6) is 0 Å². The molecule has 1 aromatic rings. The van der Waals surface area contributed by atoms with Crippen LogP contribution in [0.4, 0.5) is 8.78 Å². The minimum absolute atomic E-state index is 0.0246. The van der Waals surface area contributed by atoms with Gasteiger partial charge in [-0.25, -0.2) is 4.79 Å². The highest BCUT2D eigenvalue weighted by atomic mass is 127. The lowest BCUT2D eigenvalue weighted by Gasteiger charge is -2.31. The smallest absolute Gasteiger partial charge is 0.341 e. The van der Waals surface area contributed by atoms with Crippen molar-refractivity contribution in [3.63, 3.8) is 0 Å². The van der Waals surface area contributed by atoms with E-state index in [-0.39, 0.29) is 9.74 Å². The van der Waals surface area contributed by atoms with Crippen LogP contribution >= 0.6 is 22.6 Å². The van der Waals surface area contributed by atoms with Crippen molar-refractivity contribution in [1.82, 2.24) is 14.8 Å². The van der Waals surface area contributed by atoms with E-state index in [1.165, 1.54) is 6.20 Å². The van der Waals surface area contributed by atoms with E-state index < -0.39 is 34.8 Å². The maximum absolute atomic E-state index is 13.8. The number of Topliss-reactive ketones (excluding diaryl/α,β-unsaturated/α-hetero) is 1. The first-order chi connectivity index (χ1) is 11.8. The Bertz CT molecular complexity index is 727. The molecule has 1 N–H and O–H groups in total. The van der Waals surface area contributed by atoms with Gasteiger partial charge >= 0.3 is 5.97 Å². The number of carboxylic acids is 1. The van der Waals surface area contributed by atoms with Crippen molar-refractivity contribution in [2.45, 2.75) is 25.9 Å². The van der Waals surface area contributed by atoms with Crippen molar-refractivity contribution in [2.75, 3.05) is 20.1 Å². The van der Waals surface area contributed by atoms with E-state index >= 15 is 0 Å². The number of aromatic nitrogens is 1. The molecule has 0 saturated carbocycles. The fourth-order valence-electron chi connectivity index (χ4n) is 2.89. The van der Waals surface area contributed by atoms with Crippen molar-refractivity contribution in [2.24, 2.45) is 0 Å². The molecule has 0 bridgehead atoms. The predicted octanol–water partition coefficient (Wildman–Crippen LogP) is 2.49. The van der Waals surface area contributed by atoms with E-state index in [4.69, 9.17) is 0 Å². The molecule has 25 heavy (non-hydrogen) atoms. The van der Waals surface area contributed by atoms with Crippen LogP contribution in [0.25, 0.3) is 0 Å². The van der Waals surface area contributed by atoms with Gasteiger partial charge in [0.15, 0.2) is 0 Å². The predicted molar refractivity (Wildman–Crippen MR) is 95.0 cm³/mol. The minimum Gasteiger partial charge on any atom is -0.477 e. The summed E-state index contributed by atoms with van der Waals surface area (Å²) in [5.74, 6) is -4.88. The number of likely N-dealkylation sites (tertiary alicyclic amines) is 1. The summed E-state index contributed by atoms with van der Waals surface area (Å²) < 4.78 is 27.0. The molecule has 1 aliphatic heterocycles. The molecule has 1 fully saturated rings. The minimum atomic E-state index is -1.48. The summed E-state index contributed by atoms with van der Waals surface area (Å²) >= 11 is 1.56. The third-order valence-electron chi connectivity index (χ3n) is 4.14. The SMILES string of the molecule is CCN1CCCC1N(C)C=C(C(=O)O)C(=O)c1cc(I)c(F)nc1F. The Kier molecular flexibility index (Phi) is 6.44. The molecule has 2 heterocycles. The summed E-state index contributed by atoms with van der Waals surface area (Å²) in [6.45, 7) is 3.69.